The lowest BCUT2D eigenvalue weighted by atomic mass is 9.94. The smallest absolute Gasteiger partial charge is 0.132 e. The molecule has 1 aromatic carbocycles. The van der Waals surface area contributed by atoms with Crippen LogP contribution in [-0.4, -0.2) is 31.1 Å². The Morgan fingerprint density at radius 2 is 1.75 bits per heavy atom. The average molecular weight is 303 g/mol. The van der Waals surface area contributed by atoms with Gasteiger partial charge in [-0.1, -0.05) is 25.4 Å². The SMILES string of the molecule is CC(C)C[C@@H](c1c(F)cc(Cl)cc1F)N1CCNCC1. The number of hydrogen-bond donors (Lipinski definition) is 1. The highest BCUT2D eigenvalue weighted by atomic mass is 35.5. The van der Waals surface area contributed by atoms with E-state index in [0.717, 1.165) is 32.6 Å². The first-order valence-corrected chi connectivity index (χ1v) is 7.46. The van der Waals surface area contributed by atoms with Gasteiger partial charge in [0.15, 0.2) is 0 Å². The van der Waals surface area contributed by atoms with E-state index in [0.29, 0.717) is 5.92 Å². The lowest BCUT2D eigenvalue weighted by molar-refractivity contribution is 0.147. The van der Waals surface area contributed by atoms with Gasteiger partial charge in [-0.15, -0.1) is 0 Å². The molecule has 1 N–H and O–H groups in total. The van der Waals surface area contributed by atoms with Gasteiger partial charge in [-0.3, -0.25) is 4.90 Å². The standard InChI is InChI=1S/C15H21ClF2N2/c1-10(2)7-14(20-5-3-19-4-6-20)15-12(17)8-11(16)9-13(15)18/h8-10,14,19H,3-7H2,1-2H3/t14-/m0/s1. The average Bonchev–Trinajstić information content (AvgIpc) is 2.37. The first-order chi connectivity index (χ1) is 9.49. The van der Waals surface area contributed by atoms with Crippen LogP contribution < -0.4 is 5.32 Å². The second-order valence-electron chi connectivity index (χ2n) is 5.71. The number of nitrogens with zero attached hydrogens (tertiary/aromatic N) is 1. The maximum Gasteiger partial charge on any atom is 0.132 e. The molecule has 0 saturated carbocycles. The van der Waals surface area contributed by atoms with Crippen molar-refractivity contribution in [2.75, 3.05) is 26.2 Å². The van der Waals surface area contributed by atoms with Crippen LogP contribution in [0.25, 0.3) is 0 Å². The van der Waals surface area contributed by atoms with Crippen molar-refractivity contribution in [2.24, 2.45) is 5.92 Å². The summed E-state index contributed by atoms with van der Waals surface area (Å²) in [6, 6.07) is 2.18. The number of rotatable bonds is 4. The van der Waals surface area contributed by atoms with E-state index in [1.165, 1.54) is 12.1 Å². The number of halogens is 3. The minimum Gasteiger partial charge on any atom is -0.314 e. The van der Waals surface area contributed by atoms with E-state index in [-0.39, 0.29) is 16.6 Å². The minimum atomic E-state index is -0.542. The Morgan fingerprint density at radius 1 is 1.20 bits per heavy atom. The van der Waals surface area contributed by atoms with Gasteiger partial charge >= 0.3 is 0 Å². The molecular formula is C15H21ClF2N2. The molecule has 1 aliphatic heterocycles. The third-order valence-corrected chi connectivity index (χ3v) is 3.88. The van der Waals surface area contributed by atoms with Gasteiger partial charge in [-0.05, 0) is 24.5 Å². The van der Waals surface area contributed by atoms with E-state index in [1.807, 2.05) is 0 Å². The Bertz CT molecular complexity index is 436. The first kappa shape index (κ1) is 15.7. The summed E-state index contributed by atoms with van der Waals surface area (Å²) < 4.78 is 28.4. The molecule has 2 rings (SSSR count). The first-order valence-electron chi connectivity index (χ1n) is 7.08. The van der Waals surface area contributed by atoms with Crippen LogP contribution in [0.5, 0.6) is 0 Å². The van der Waals surface area contributed by atoms with Gasteiger partial charge in [0.05, 0.1) is 0 Å². The zero-order valence-corrected chi connectivity index (χ0v) is 12.7. The van der Waals surface area contributed by atoms with E-state index in [4.69, 9.17) is 11.6 Å². The summed E-state index contributed by atoms with van der Waals surface area (Å²) in [5.74, 6) is -0.720. The largest absolute Gasteiger partial charge is 0.314 e. The maximum atomic E-state index is 14.2. The molecule has 112 valence electrons. The fraction of sp³-hybridized carbons (Fsp3) is 0.600. The predicted molar refractivity (Wildman–Crippen MR) is 78.0 cm³/mol. The van der Waals surface area contributed by atoms with Crippen LogP contribution in [0.3, 0.4) is 0 Å². The minimum absolute atomic E-state index is 0.104. The van der Waals surface area contributed by atoms with Gasteiger partial charge in [0, 0.05) is 42.8 Å². The number of nitrogens with one attached hydrogen (secondary N) is 1. The molecule has 2 nitrogen and oxygen atoms in total. The lowest BCUT2D eigenvalue weighted by Gasteiger charge is -2.36. The normalized spacial score (nSPS) is 18.5. The number of hydrogen-bond acceptors (Lipinski definition) is 2. The number of piperazine rings is 1. The molecule has 1 heterocycles. The zero-order chi connectivity index (χ0) is 14.7. The van der Waals surface area contributed by atoms with Crippen molar-refractivity contribution >= 4 is 11.6 Å². The molecular weight excluding hydrogens is 282 g/mol. The predicted octanol–water partition coefficient (Wildman–Crippen LogP) is 3.61. The number of benzene rings is 1. The van der Waals surface area contributed by atoms with Gasteiger partial charge in [0.25, 0.3) is 0 Å². The van der Waals surface area contributed by atoms with Crippen molar-refractivity contribution in [2.45, 2.75) is 26.3 Å². The molecule has 0 amide bonds. The van der Waals surface area contributed by atoms with Crippen LogP contribution in [0.4, 0.5) is 8.78 Å². The quantitative estimate of drug-likeness (QED) is 0.914. The molecule has 1 aliphatic rings. The van der Waals surface area contributed by atoms with Crippen LogP contribution in [-0.2, 0) is 0 Å². The highest BCUT2D eigenvalue weighted by Gasteiger charge is 2.28. The van der Waals surface area contributed by atoms with Crippen molar-refractivity contribution < 1.29 is 8.78 Å². The molecule has 0 unspecified atom stereocenters. The van der Waals surface area contributed by atoms with E-state index in [2.05, 4.69) is 24.1 Å². The van der Waals surface area contributed by atoms with Crippen LogP contribution in [0.15, 0.2) is 12.1 Å². The molecule has 20 heavy (non-hydrogen) atoms. The van der Waals surface area contributed by atoms with Crippen molar-refractivity contribution in [1.29, 1.82) is 0 Å². The van der Waals surface area contributed by atoms with Crippen LogP contribution in [0.2, 0.25) is 5.02 Å². The molecule has 0 bridgehead atoms. The molecule has 5 heteroatoms. The monoisotopic (exact) mass is 302 g/mol. The van der Waals surface area contributed by atoms with E-state index >= 15 is 0 Å². The van der Waals surface area contributed by atoms with E-state index < -0.39 is 11.6 Å². The molecule has 0 aliphatic carbocycles. The third kappa shape index (κ3) is 3.68. The Hall–Kier alpha value is -0.710. The van der Waals surface area contributed by atoms with Crippen molar-refractivity contribution in [1.82, 2.24) is 10.2 Å². The van der Waals surface area contributed by atoms with Crippen molar-refractivity contribution in [3.8, 4) is 0 Å². The summed E-state index contributed by atoms with van der Waals surface area (Å²) in [6.45, 7) is 7.45. The van der Waals surface area contributed by atoms with Crippen molar-refractivity contribution in [3.63, 3.8) is 0 Å². The Labute approximate surface area is 124 Å². The molecule has 1 fully saturated rings. The molecule has 1 atom stereocenters. The lowest BCUT2D eigenvalue weighted by Crippen LogP contribution is -2.45. The highest BCUT2D eigenvalue weighted by molar-refractivity contribution is 6.30. The Balaban J connectivity index is 2.35. The zero-order valence-electron chi connectivity index (χ0n) is 11.9. The van der Waals surface area contributed by atoms with Gasteiger partial charge in [0.2, 0.25) is 0 Å². The summed E-state index contributed by atoms with van der Waals surface area (Å²) >= 11 is 5.71. The summed E-state index contributed by atoms with van der Waals surface area (Å²) in [7, 11) is 0. The van der Waals surface area contributed by atoms with E-state index in [1.54, 1.807) is 0 Å². The second-order valence-corrected chi connectivity index (χ2v) is 6.15. The van der Waals surface area contributed by atoms with Gasteiger partial charge in [-0.25, -0.2) is 8.78 Å². The topological polar surface area (TPSA) is 15.3 Å². The Kier molecular flexibility index (Phi) is 5.35. The van der Waals surface area contributed by atoms with Gasteiger partial charge in [0.1, 0.15) is 11.6 Å². The van der Waals surface area contributed by atoms with Crippen LogP contribution in [0, 0.1) is 17.6 Å². The van der Waals surface area contributed by atoms with Crippen LogP contribution in [0.1, 0.15) is 31.9 Å². The molecule has 0 spiro atoms. The summed E-state index contributed by atoms with van der Waals surface area (Å²) in [6.07, 6.45) is 0.732. The second kappa shape index (κ2) is 6.83. The molecule has 1 saturated heterocycles. The van der Waals surface area contributed by atoms with E-state index in [9.17, 15) is 8.78 Å². The molecule has 0 aromatic heterocycles. The third-order valence-electron chi connectivity index (χ3n) is 3.66. The highest BCUT2D eigenvalue weighted by Crippen LogP contribution is 2.33. The Morgan fingerprint density at radius 3 is 2.25 bits per heavy atom. The fourth-order valence-corrected chi connectivity index (χ4v) is 2.95. The fourth-order valence-electron chi connectivity index (χ4n) is 2.76. The molecule has 1 aromatic rings. The molecule has 0 radical (unpaired) electrons. The summed E-state index contributed by atoms with van der Waals surface area (Å²) in [5, 5.41) is 3.37. The van der Waals surface area contributed by atoms with Gasteiger partial charge in [-0.2, -0.15) is 0 Å². The van der Waals surface area contributed by atoms with Crippen LogP contribution >= 0.6 is 11.6 Å². The maximum absolute atomic E-state index is 14.2. The van der Waals surface area contributed by atoms with Gasteiger partial charge < -0.3 is 5.32 Å². The van der Waals surface area contributed by atoms with Crippen molar-refractivity contribution in [3.05, 3.63) is 34.4 Å². The summed E-state index contributed by atoms with van der Waals surface area (Å²) in [4.78, 5) is 2.16. The summed E-state index contributed by atoms with van der Waals surface area (Å²) in [5.41, 5.74) is 0.157.